The molecular formula is C10H9F2NO2. The minimum absolute atomic E-state index is 0.118. The average molecular weight is 213 g/mol. The maximum atomic E-state index is 12.9. The van der Waals surface area contributed by atoms with Crippen molar-refractivity contribution in [3.05, 3.63) is 35.4 Å². The van der Waals surface area contributed by atoms with Crippen molar-refractivity contribution in [2.24, 2.45) is 5.92 Å². The largest absolute Gasteiger partial charge is 0.289 e. The van der Waals surface area contributed by atoms with Crippen LogP contribution in [0.3, 0.4) is 0 Å². The molecule has 0 heterocycles. The lowest BCUT2D eigenvalue weighted by molar-refractivity contribution is -0.130. The molecule has 5 heteroatoms. The van der Waals surface area contributed by atoms with Gasteiger partial charge < -0.3 is 0 Å². The maximum Gasteiger partial charge on any atom is 0.247 e. The number of halogens is 2. The Morgan fingerprint density at radius 1 is 1.40 bits per heavy atom. The van der Waals surface area contributed by atoms with Gasteiger partial charge in [-0.15, -0.1) is 0 Å². The molecule has 0 aliphatic heterocycles. The number of carbonyl (C=O) groups excluding carboxylic acids is 1. The Morgan fingerprint density at radius 2 is 2.13 bits per heavy atom. The van der Waals surface area contributed by atoms with Crippen LogP contribution in [-0.2, 0) is 4.79 Å². The Bertz CT molecular complexity index is 408. The van der Waals surface area contributed by atoms with Crippen LogP contribution >= 0.6 is 0 Å². The third kappa shape index (κ3) is 1.83. The molecule has 0 aromatic heterocycles. The van der Waals surface area contributed by atoms with E-state index < -0.39 is 17.5 Å². The minimum Gasteiger partial charge on any atom is -0.289 e. The molecule has 2 rings (SSSR count). The lowest BCUT2D eigenvalue weighted by atomic mass is 10.1. The molecule has 1 amide bonds. The molecule has 1 aromatic rings. The fourth-order valence-electron chi connectivity index (χ4n) is 1.68. The van der Waals surface area contributed by atoms with Gasteiger partial charge in [0.1, 0.15) is 0 Å². The Morgan fingerprint density at radius 3 is 2.73 bits per heavy atom. The van der Waals surface area contributed by atoms with Crippen molar-refractivity contribution in [3.63, 3.8) is 0 Å². The molecule has 0 saturated heterocycles. The van der Waals surface area contributed by atoms with Crippen LogP contribution in [0, 0.1) is 17.6 Å². The van der Waals surface area contributed by atoms with E-state index in [2.05, 4.69) is 0 Å². The van der Waals surface area contributed by atoms with Gasteiger partial charge in [-0.3, -0.25) is 10.0 Å². The zero-order valence-corrected chi connectivity index (χ0v) is 7.71. The summed E-state index contributed by atoms with van der Waals surface area (Å²) in [6.45, 7) is 0. The van der Waals surface area contributed by atoms with Crippen molar-refractivity contribution in [3.8, 4) is 0 Å². The van der Waals surface area contributed by atoms with E-state index in [1.54, 1.807) is 5.48 Å². The maximum absolute atomic E-state index is 12.9. The number of hydrogen-bond donors (Lipinski definition) is 2. The normalized spacial score (nSPS) is 23.7. The molecule has 15 heavy (non-hydrogen) atoms. The molecule has 2 atom stereocenters. The first-order valence-corrected chi connectivity index (χ1v) is 4.52. The number of hydroxylamine groups is 1. The Balaban J connectivity index is 2.13. The highest BCUT2D eigenvalue weighted by Crippen LogP contribution is 2.47. The summed E-state index contributed by atoms with van der Waals surface area (Å²) in [5, 5.41) is 8.37. The average Bonchev–Trinajstić information content (AvgIpc) is 3.01. The highest BCUT2D eigenvalue weighted by molar-refractivity contribution is 5.81. The van der Waals surface area contributed by atoms with E-state index in [0.29, 0.717) is 12.0 Å². The second kappa shape index (κ2) is 3.58. The van der Waals surface area contributed by atoms with Crippen molar-refractivity contribution in [1.82, 2.24) is 5.48 Å². The van der Waals surface area contributed by atoms with Gasteiger partial charge in [0, 0.05) is 5.92 Å². The van der Waals surface area contributed by atoms with Gasteiger partial charge in [0.15, 0.2) is 11.6 Å². The summed E-state index contributed by atoms with van der Waals surface area (Å²) < 4.78 is 25.5. The van der Waals surface area contributed by atoms with E-state index in [9.17, 15) is 13.6 Å². The number of amides is 1. The van der Waals surface area contributed by atoms with E-state index in [1.165, 1.54) is 6.07 Å². The molecule has 2 N–H and O–H groups in total. The second-order valence-corrected chi connectivity index (χ2v) is 3.60. The standard InChI is InChI=1S/C10H9F2NO2/c11-8-2-1-5(3-9(8)12)6-4-7(6)10(14)13-15/h1-3,6-7,15H,4H2,(H,13,14)/t6-,7?/m0/s1. The molecule has 1 saturated carbocycles. The number of carbonyl (C=O) groups is 1. The van der Waals surface area contributed by atoms with Crippen molar-refractivity contribution in [2.75, 3.05) is 0 Å². The fourth-order valence-corrected chi connectivity index (χ4v) is 1.68. The van der Waals surface area contributed by atoms with E-state index in [4.69, 9.17) is 5.21 Å². The zero-order valence-electron chi connectivity index (χ0n) is 7.71. The summed E-state index contributed by atoms with van der Waals surface area (Å²) in [6.07, 6.45) is 0.553. The Kier molecular flexibility index (Phi) is 2.40. The zero-order chi connectivity index (χ0) is 11.0. The Hall–Kier alpha value is -1.49. The molecule has 1 fully saturated rings. The first-order valence-electron chi connectivity index (χ1n) is 4.52. The second-order valence-electron chi connectivity index (χ2n) is 3.60. The van der Waals surface area contributed by atoms with Crippen LogP contribution in [0.5, 0.6) is 0 Å². The molecule has 0 bridgehead atoms. The number of rotatable bonds is 2. The first-order chi connectivity index (χ1) is 7.13. The number of hydrogen-bond acceptors (Lipinski definition) is 2. The summed E-state index contributed by atoms with van der Waals surface area (Å²) in [7, 11) is 0. The van der Waals surface area contributed by atoms with Gasteiger partial charge in [-0.05, 0) is 30.0 Å². The highest BCUT2D eigenvalue weighted by atomic mass is 19.2. The van der Waals surface area contributed by atoms with Crippen LogP contribution in [0.2, 0.25) is 0 Å². The van der Waals surface area contributed by atoms with E-state index in [-0.39, 0.29) is 11.8 Å². The smallest absolute Gasteiger partial charge is 0.247 e. The van der Waals surface area contributed by atoms with Gasteiger partial charge in [-0.2, -0.15) is 0 Å². The monoisotopic (exact) mass is 213 g/mol. The highest BCUT2D eigenvalue weighted by Gasteiger charge is 2.44. The van der Waals surface area contributed by atoms with Crippen LogP contribution in [0.1, 0.15) is 17.9 Å². The van der Waals surface area contributed by atoms with Crippen molar-refractivity contribution in [2.45, 2.75) is 12.3 Å². The molecular weight excluding hydrogens is 204 g/mol. The lowest BCUT2D eigenvalue weighted by Crippen LogP contribution is -2.20. The van der Waals surface area contributed by atoms with Crippen molar-refractivity contribution in [1.29, 1.82) is 0 Å². The van der Waals surface area contributed by atoms with Crippen molar-refractivity contribution < 1.29 is 18.8 Å². The molecule has 1 aliphatic carbocycles. The van der Waals surface area contributed by atoms with Crippen LogP contribution in [0.15, 0.2) is 18.2 Å². The molecule has 0 spiro atoms. The van der Waals surface area contributed by atoms with Crippen LogP contribution in [0.4, 0.5) is 8.78 Å². The molecule has 3 nitrogen and oxygen atoms in total. The van der Waals surface area contributed by atoms with E-state index >= 15 is 0 Å². The van der Waals surface area contributed by atoms with Gasteiger partial charge in [-0.25, -0.2) is 14.3 Å². The summed E-state index contributed by atoms with van der Waals surface area (Å²) in [6, 6.07) is 3.58. The third-order valence-corrected chi connectivity index (χ3v) is 2.61. The lowest BCUT2D eigenvalue weighted by Gasteiger charge is -2.00. The van der Waals surface area contributed by atoms with Crippen molar-refractivity contribution >= 4 is 5.91 Å². The van der Waals surface area contributed by atoms with Gasteiger partial charge in [0.25, 0.3) is 0 Å². The van der Waals surface area contributed by atoms with Gasteiger partial charge >= 0.3 is 0 Å². The van der Waals surface area contributed by atoms with E-state index in [1.807, 2.05) is 0 Å². The fraction of sp³-hybridized carbons (Fsp3) is 0.300. The van der Waals surface area contributed by atoms with Crippen LogP contribution < -0.4 is 5.48 Å². The predicted molar refractivity (Wildman–Crippen MR) is 47.1 cm³/mol. The van der Waals surface area contributed by atoms with Gasteiger partial charge in [-0.1, -0.05) is 6.07 Å². The van der Waals surface area contributed by atoms with Gasteiger partial charge in [0.2, 0.25) is 5.91 Å². The van der Waals surface area contributed by atoms with Gasteiger partial charge in [0.05, 0.1) is 0 Å². The molecule has 1 aromatic carbocycles. The molecule has 0 radical (unpaired) electrons. The summed E-state index contributed by atoms with van der Waals surface area (Å²) in [5.74, 6) is -2.75. The number of nitrogens with one attached hydrogen (secondary N) is 1. The Labute approximate surface area is 84.7 Å². The molecule has 80 valence electrons. The predicted octanol–water partition coefficient (Wildman–Crippen LogP) is 1.57. The first kappa shape index (κ1) is 10.0. The molecule has 1 unspecified atom stereocenters. The quantitative estimate of drug-likeness (QED) is 0.578. The number of benzene rings is 1. The SMILES string of the molecule is O=C(NO)C1C[C@H]1c1ccc(F)c(F)c1. The third-order valence-electron chi connectivity index (χ3n) is 2.61. The van der Waals surface area contributed by atoms with Crippen LogP contribution in [-0.4, -0.2) is 11.1 Å². The summed E-state index contributed by atoms with van der Waals surface area (Å²) in [5.41, 5.74) is 2.13. The molecule has 1 aliphatic rings. The topological polar surface area (TPSA) is 49.3 Å². The van der Waals surface area contributed by atoms with Crippen LogP contribution in [0.25, 0.3) is 0 Å². The van der Waals surface area contributed by atoms with E-state index in [0.717, 1.165) is 12.1 Å². The summed E-state index contributed by atoms with van der Waals surface area (Å²) >= 11 is 0. The summed E-state index contributed by atoms with van der Waals surface area (Å²) in [4.78, 5) is 11.0. The minimum atomic E-state index is -0.914.